The first-order valence-corrected chi connectivity index (χ1v) is 8.28. The van der Waals surface area contributed by atoms with Crippen molar-refractivity contribution in [2.75, 3.05) is 12.0 Å². The predicted molar refractivity (Wildman–Crippen MR) is 98.6 cm³/mol. The summed E-state index contributed by atoms with van der Waals surface area (Å²) in [4.78, 5) is 22.5. The van der Waals surface area contributed by atoms with Crippen molar-refractivity contribution in [3.63, 3.8) is 0 Å². The van der Waals surface area contributed by atoms with Gasteiger partial charge in [0.1, 0.15) is 5.69 Å². The molecule has 2 aromatic carbocycles. The van der Waals surface area contributed by atoms with Gasteiger partial charge in [0.05, 0.1) is 23.7 Å². The molecule has 0 unspecified atom stereocenters. The van der Waals surface area contributed by atoms with E-state index in [2.05, 4.69) is 26.5 Å². The van der Waals surface area contributed by atoms with E-state index in [0.29, 0.717) is 10.2 Å². The van der Waals surface area contributed by atoms with Gasteiger partial charge in [-0.15, -0.1) is 0 Å². The van der Waals surface area contributed by atoms with Crippen LogP contribution in [0.15, 0.2) is 58.1 Å². The Bertz CT molecular complexity index is 794. The summed E-state index contributed by atoms with van der Waals surface area (Å²) >= 11 is 3.27. The second kappa shape index (κ2) is 8.93. The third-order valence-electron chi connectivity index (χ3n) is 3.19. The van der Waals surface area contributed by atoms with Gasteiger partial charge in [-0.05, 0) is 24.6 Å². The van der Waals surface area contributed by atoms with Crippen molar-refractivity contribution < 1.29 is 14.5 Å². The number of benzene rings is 2. The molecule has 0 fully saturated rings. The van der Waals surface area contributed by atoms with E-state index >= 15 is 0 Å². The number of halogens is 1. The summed E-state index contributed by atoms with van der Waals surface area (Å²) in [5.41, 5.74) is 3.94. The summed E-state index contributed by atoms with van der Waals surface area (Å²) in [6.45, 7) is 1.99. The van der Waals surface area contributed by atoms with E-state index in [1.165, 1.54) is 6.07 Å². The highest BCUT2D eigenvalue weighted by molar-refractivity contribution is 9.10. The van der Waals surface area contributed by atoms with Crippen molar-refractivity contribution in [2.45, 2.75) is 13.3 Å². The maximum Gasteiger partial charge on any atom is 0.311 e. The molecule has 0 spiro atoms. The number of hydrazone groups is 1. The summed E-state index contributed by atoms with van der Waals surface area (Å²) < 4.78 is 5.63. The lowest BCUT2D eigenvalue weighted by Gasteiger charge is -2.08. The zero-order chi connectivity index (χ0) is 18.2. The molecule has 0 saturated carbocycles. The molecule has 0 aliphatic rings. The Morgan fingerprint density at radius 2 is 2.00 bits per heavy atom. The summed E-state index contributed by atoms with van der Waals surface area (Å²) in [7, 11) is 0. The molecule has 8 heteroatoms. The van der Waals surface area contributed by atoms with Crippen LogP contribution in [-0.2, 0) is 9.53 Å². The second-order valence-electron chi connectivity index (χ2n) is 4.94. The van der Waals surface area contributed by atoms with E-state index in [1.54, 1.807) is 31.2 Å². The average molecular weight is 406 g/mol. The van der Waals surface area contributed by atoms with Crippen molar-refractivity contribution in [2.24, 2.45) is 5.10 Å². The number of hydrogen-bond acceptors (Lipinski definition) is 6. The molecule has 1 N–H and O–H groups in total. The van der Waals surface area contributed by atoms with E-state index in [-0.39, 0.29) is 24.4 Å². The number of anilines is 1. The van der Waals surface area contributed by atoms with Gasteiger partial charge >= 0.3 is 5.97 Å². The Kier molecular flexibility index (Phi) is 6.64. The average Bonchev–Trinajstić information content (AvgIpc) is 2.59. The van der Waals surface area contributed by atoms with Gasteiger partial charge in [-0.3, -0.25) is 20.3 Å². The van der Waals surface area contributed by atoms with Gasteiger partial charge in [0.2, 0.25) is 0 Å². The van der Waals surface area contributed by atoms with Crippen LogP contribution in [0, 0.1) is 10.1 Å². The Morgan fingerprint density at radius 1 is 1.28 bits per heavy atom. The zero-order valence-corrected chi connectivity index (χ0v) is 15.0. The Hall–Kier alpha value is -2.74. The number of carbonyl (C=O) groups excluding carboxylic acids is 1. The minimum Gasteiger partial charge on any atom is -0.466 e. The van der Waals surface area contributed by atoms with E-state index in [0.717, 1.165) is 5.56 Å². The Labute approximate surface area is 153 Å². The molecule has 0 heterocycles. The van der Waals surface area contributed by atoms with Crippen molar-refractivity contribution in [1.29, 1.82) is 0 Å². The van der Waals surface area contributed by atoms with Crippen LogP contribution in [0.1, 0.15) is 18.9 Å². The fourth-order valence-electron chi connectivity index (χ4n) is 2.07. The number of esters is 1. The predicted octanol–water partition coefficient (Wildman–Crippen LogP) is 4.13. The highest BCUT2D eigenvalue weighted by atomic mass is 79.9. The van der Waals surface area contributed by atoms with Gasteiger partial charge in [0.15, 0.2) is 0 Å². The fraction of sp³-hybridized carbons (Fsp3) is 0.176. The molecule has 25 heavy (non-hydrogen) atoms. The lowest BCUT2D eigenvalue weighted by Crippen LogP contribution is -2.14. The summed E-state index contributed by atoms with van der Waals surface area (Å²) in [5.74, 6) is -0.421. The molecule has 0 aliphatic carbocycles. The number of hydrogen-bond donors (Lipinski definition) is 1. The third kappa shape index (κ3) is 5.39. The van der Waals surface area contributed by atoms with Gasteiger partial charge in [-0.2, -0.15) is 5.10 Å². The number of nitrogens with zero attached hydrogens (tertiary/aromatic N) is 2. The van der Waals surface area contributed by atoms with E-state index < -0.39 is 10.9 Å². The van der Waals surface area contributed by atoms with Gasteiger partial charge < -0.3 is 4.74 Å². The van der Waals surface area contributed by atoms with Crippen LogP contribution < -0.4 is 5.43 Å². The number of carbonyl (C=O) groups is 1. The molecule has 0 amide bonds. The lowest BCUT2D eigenvalue weighted by atomic mass is 10.1. The van der Waals surface area contributed by atoms with E-state index in [1.807, 2.05) is 18.2 Å². The zero-order valence-electron chi connectivity index (χ0n) is 13.4. The quantitative estimate of drug-likeness (QED) is 0.323. The minimum absolute atomic E-state index is 0.0490. The van der Waals surface area contributed by atoms with Crippen LogP contribution in [0.3, 0.4) is 0 Å². The van der Waals surface area contributed by atoms with Crippen molar-refractivity contribution in [1.82, 2.24) is 0 Å². The highest BCUT2D eigenvalue weighted by Gasteiger charge is 2.15. The van der Waals surface area contributed by atoms with Crippen LogP contribution >= 0.6 is 15.9 Å². The molecule has 0 aliphatic heterocycles. The van der Waals surface area contributed by atoms with E-state index in [4.69, 9.17) is 4.74 Å². The van der Waals surface area contributed by atoms with Crippen molar-refractivity contribution in [3.05, 3.63) is 68.7 Å². The first kappa shape index (κ1) is 18.6. The van der Waals surface area contributed by atoms with Gasteiger partial charge in [-0.1, -0.05) is 46.3 Å². The SMILES string of the molecule is CCOC(=O)C/C(=N/Nc1cc(Br)ccc1[N+](=O)[O-])c1ccccc1. The Morgan fingerprint density at radius 3 is 2.64 bits per heavy atom. The number of ether oxygens (including phenoxy) is 1. The summed E-state index contributed by atoms with van der Waals surface area (Å²) in [6.07, 6.45) is -0.0490. The largest absolute Gasteiger partial charge is 0.466 e. The molecule has 2 aromatic rings. The van der Waals surface area contributed by atoms with Crippen LogP contribution in [0.25, 0.3) is 0 Å². The first-order chi connectivity index (χ1) is 12.0. The molecule has 7 nitrogen and oxygen atoms in total. The molecule has 2 rings (SSSR count). The first-order valence-electron chi connectivity index (χ1n) is 7.48. The van der Waals surface area contributed by atoms with Gasteiger partial charge in [-0.25, -0.2) is 0 Å². The number of rotatable bonds is 7. The van der Waals surface area contributed by atoms with Crippen molar-refractivity contribution >= 4 is 39.0 Å². The number of nitrogens with one attached hydrogen (secondary N) is 1. The standard InChI is InChI=1S/C17H16BrN3O4/c1-2-25-17(22)11-14(12-6-4-3-5-7-12)19-20-15-10-13(18)8-9-16(15)21(23)24/h3-10,20H,2,11H2,1H3/b19-14-. The second-order valence-corrected chi connectivity index (χ2v) is 5.85. The van der Waals surface area contributed by atoms with Crippen molar-refractivity contribution in [3.8, 4) is 0 Å². The number of nitro groups is 1. The molecule has 0 radical (unpaired) electrons. The number of nitro benzene ring substituents is 1. The summed E-state index contributed by atoms with van der Waals surface area (Å²) in [5, 5.41) is 15.3. The summed E-state index contributed by atoms with van der Waals surface area (Å²) in [6, 6.07) is 13.6. The molecular formula is C17H16BrN3O4. The monoisotopic (exact) mass is 405 g/mol. The van der Waals surface area contributed by atoms with Crippen LogP contribution in [0.2, 0.25) is 0 Å². The topological polar surface area (TPSA) is 93.8 Å². The third-order valence-corrected chi connectivity index (χ3v) is 3.68. The molecule has 0 bridgehead atoms. The lowest BCUT2D eigenvalue weighted by molar-refractivity contribution is -0.384. The Balaban J connectivity index is 2.33. The van der Waals surface area contributed by atoms with Crippen LogP contribution in [-0.4, -0.2) is 23.2 Å². The van der Waals surface area contributed by atoms with Crippen LogP contribution in [0.5, 0.6) is 0 Å². The highest BCUT2D eigenvalue weighted by Crippen LogP contribution is 2.28. The maximum atomic E-state index is 11.8. The van der Waals surface area contributed by atoms with Gasteiger partial charge in [0, 0.05) is 10.5 Å². The molecule has 0 atom stereocenters. The normalized spacial score (nSPS) is 11.0. The molecular weight excluding hydrogens is 390 g/mol. The van der Waals surface area contributed by atoms with Crippen LogP contribution in [0.4, 0.5) is 11.4 Å². The van der Waals surface area contributed by atoms with Gasteiger partial charge in [0.25, 0.3) is 5.69 Å². The molecule has 0 aromatic heterocycles. The smallest absolute Gasteiger partial charge is 0.311 e. The maximum absolute atomic E-state index is 11.8. The van der Waals surface area contributed by atoms with E-state index in [9.17, 15) is 14.9 Å². The molecule has 130 valence electrons. The molecule has 0 saturated heterocycles. The minimum atomic E-state index is -0.502. The fourth-order valence-corrected chi connectivity index (χ4v) is 2.43.